The molecule has 0 heterocycles. The molecule has 0 saturated heterocycles. The first kappa shape index (κ1) is 20.1. The van der Waals surface area contributed by atoms with Crippen molar-refractivity contribution in [3.05, 3.63) is 11.6 Å². The van der Waals surface area contributed by atoms with E-state index in [0.717, 1.165) is 50.7 Å². The first-order valence-electron chi connectivity index (χ1n) is 11.1. The third kappa shape index (κ3) is 3.06. The molecular weight excluding hydrogens is 352 g/mol. The molecule has 0 spiro atoms. The summed E-state index contributed by atoms with van der Waals surface area (Å²) in [5, 5.41) is 14.1. The van der Waals surface area contributed by atoms with E-state index in [4.69, 9.17) is 10.6 Å². The van der Waals surface area contributed by atoms with Gasteiger partial charge in [-0.3, -0.25) is 4.79 Å². The number of Topliss-reactive ketones (excluding diaryl/α,β-unsaturated/α-hetero) is 1. The molecule has 0 aliphatic heterocycles. The lowest BCUT2D eigenvalue weighted by atomic mass is 9.44. The number of aliphatic hydroxyl groups excluding tert-OH is 1. The van der Waals surface area contributed by atoms with Crippen LogP contribution < -0.4 is 5.73 Å². The van der Waals surface area contributed by atoms with Crippen molar-refractivity contribution >= 4 is 11.5 Å². The summed E-state index contributed by atoms with van der Waals surface area (Å²) in [4.78, 5) is 18.0. The fourth-order valence-electron chi connectivity index (χ4n) is 7.35. The van der Waals surface area contributed by atoms with Crippen LogP contribution in [0.1, 0.15) is 65.2 Å². The van der Waals surface area contributed by atoms with E-state index in [1.165, 1.54) is 12.0 Å². The molecule has 0 aromatic heterocycles. The van der Waals surface area contributed by atoms with Gasteiger partial charge < -0.3 is 15.7 Å². The lowest BCUT2D eigenvalue weighted by molar-refractivity contribution is -0.134. The van der Waals surface area contributed by atoms with Gasteiger partial charge >= 0.3 is 0 Å². The number of aliphatic hydroxyl groups is 1. The molecule has 4 aliphatic rings. The van der Waals surface area contributed by atoms with Gasteiger partial charge in [-0.1, -0.05) is 30.7 Å². The number of ketones is 1. The maximum absolute atomic E-state index is 12.6. The van der Waals surface area contributed by atoms with E-state index in [2.05, 4.69) is 19.0 Å². The molecule has 0 aromatic carbocycles. The monoisotopic (exact) mass is 388 g/mol. The largest absolute Gasteiger partial charge is 0.395 e. The highest BCUT2D eigenvalue weighted by molar-refractivity contribution is 5.87. The molecule has 5 nitrogen and oxygen atoms in total. The van der Waals surface area contributed by atoms with Gasteiger partial charge in [0.15, 0.2) is 0 Å². The van der Waals surface area contributed by atoms with Crippen molar-refractivity contribution in [1.82, 2.24) is 0 Å². The number of hydrogen-bond donors (Lipinski definition) is 2. The van der Waals surface area contributed by atoms with E-state index < -0.39 is 0 Å². The zero-order chi connectivity index (χ0) is 19.9. The van der Waals surface area contributed by atoms with Gasteiger partial charge in [-0.05, 0) is 74.0 Å². The molecule has 0 bridgehead atoms. The second kappa shape index (κ2) is 7.56. The minimum absolute atomic E-state index is 0.0936. The first-order valence-corrected chi connectivity index (χ1v) is 11.1. The number of carbonyl (C=O) groups is 1. The number of carbonyl (C=O) groups excluding carboxylic acids is 1. The Bertz CT molecular complexity index is 687. The summed E-state index contributed by atoms with van der Waals surface area (Å²) in [5.74, 6) is 2.68. The predicted molar refractivity (Wildman–Crippen MR) is 110 cm³/mol. The molecule has 156 valence electrons. The third-order valence-corrected chi connectivity index (χ3v) is 8.86. The Morgan fingerprint density at radius 3 is 2.79 bits per heavy atom. The SMILES string of the molecule is C[C@]12CCC(=NOCCN)CC1C(=CCO)C[C@@H]1[C@@H]2CC[C@]2(C)C(=O)CC[C@@H]12. The van der Waals surface area contributed by atoms with Crippen molar-refractivity contribution in [3.63, 3.8) is 0 Å². The van der Waals surface area contributed by atoms with Crippen LogP contribution in [0.2, 0.25) is 0 Å². The molecule has 4 rings (SSSR count). The van der Waals surface area contributed by atoms with Crippen LogP contribution in [0.25, 0.3) is 0 Å². The summed E-state index contributed by atoms with van der Waals surface area (Å²) in [7, 11) is 0. The molecule has 5 heteroatoms. The molecule has 3 N–H and O–H groups in total. The Labute approximate surface area is 168 Å². The summed E-state index contributed by atoms with van der Waals surface area (Å²) in [6, 6.07) is 0. The van der Waals surface area contributed by atoms with Gasteiger partial charge in [0.05, 0.1) is 12.3 Å². The predicted octanol–water partition coefficient (Wildman–Crippen LogP) is 3.46. The van der Waals surface area contributed by atoms with Crippen LogP contribution in [-0.4, -0.2) is 36.4 Å². The number of nitrogens with two attached hydrogens (primary N) is 1. The second-order valence-electron chi connectivity index (χ2n) is 10.0. The van der Waals surface area contributed by atoms with Crippen LogP contribution in [0.3, 0.4) is 0 Å². The molecule has 4 saturated carbocycles. The van der Waals surface area contributed by atoms with Crippen LogP contribution in [0.15, 0.2) is 16.8 Å². The van der Waals surface area contributed by atoms with Crippen LogP contribution in [0, 0.1) is 34.5 Å². The van der Waals surface area contributed by atoms with E-state index in [1.54, 1.807) is 0 Å². The van der Waals surface area contributed by atoms with E-state index >= 15 is 0 Å². The molecule has 0 aromatic rings. The lowest BCUT2D eigenvalue weighted by Gasteiger charge is -2.60. The Hall–Kier alpha value is -1.20. The van der Waals surface area contributed by atoms with Crippen LogP contribution >= 0.6 is 0 Å². The quantitative estimate of drug-likeness (QED) is 0.439. The summed E-state index contributed by atoms with van der Waals surface area (Å²) in [5.41, 5.74) is 8.16. The number of allylic oxidation sites excluding steroid dienone is 1. The summed E-state index contributed by atoms with van der Waals surface area (Å²) in [6.45, 7) is 5.74. The number of hydrogen-bond acceptors (Lipinski definition) is 5. The second-order valence-corrected chi connectivity index (χ2v) is 10.0. The Balaban J connectivity index is 1.63. The first-order chi connectivity index (χ1) is 13.4. The van der Waals surface area contributed by atoms with Gasteiger partial charge in [0.1, 0.15) is 12.4 Å². The van der Waals surface area contributed by atoms with Crippen LogP contribution in [-0.2, 0) is 9.63 Å². The smallest absolute Gasteiger partial charge is 0.139 e. The molecule has 0 radical (unpaired) electrons. The number of oxime groups is 1. The zero-order valence-corrected chi connectivity index (χ0v) is 17.5. The topological polar surface area (TPSA) is 84.9 Å². The van der Waals surface area contributed by atoms with E-state index in [9.17, 15) is 9.90 Å². The average Bonchev–Trinajstić information content (AvgIpc) is 2.98. The summed E-state index contributed by atoms with van der Waals surface area (Å²) in [6.07, 6.45) is 10.1. The Morgan fingerprint density at radius 2 is 2.04 bits per heavy atom. The molecular formula is C23H36N2O3. The number of nitrogens with zero attached hydrogens (tertiary/aromatic N) is 1. The average molecular weight is 389 g/mol. The standard InChI is InChI=1S/C23H36N2O3/c1-22-8-5-16(25-28-12-10-24)14-20(22)15(7-11-26)13-17-18-3-4-21(27)23(18,2)9-6-19(17)22/h7,17-20,26H,3-6,8-14,24H2,1-2H3/t17-,18-,19-,20?,22+,23-/m0/s1. The maximum atomic E-state index is 12.6. The van der Waals surface area contributed by atoms with Crippen LogP contribution in [0.4, 0.5) is 0 Å². The summed E-state index contributed by atoms with van der Waals surface area (Å²) >= 11 is 0. The van der Waals surface area contributed by atoms with Crippen LogP contribution in [0.5, 0.6) is 0 Å². The van der Waals surface area contributed by atoms with Crippen molar-refractivity contribution in [1.29, 1.82) is 0 Å². The molecule has 4 aliphatic carbocycles. The van der Waals surface area contributed by atoms with Gasteiger partial charge in [-0.15, -0.1) is 0 Å². The minimum Gasteiger partial charge on any atom is -0.395 e. The van der Waals surface area contributed by atoms with Crippen molar-refractivity contribution in [2.45, 2.75) is 65.2 Å². The van der Waals surface area contributed by atoms with Crippen molar-refractivity contribution in [3.8, 4) is 0 Å². The zero-order valence-electron chi connectivity index (χ0n) is 17.5. The highest BCUT2D eigenvalue weighted by Crippen LogP contribution is 2.66. The minimum atomic E-state index is -0.105. The molecule has 1 unspecified atom stereocenters. The van der Waals surface area contributed by atoms with E-state index in [0.29, 0.717) is 42.6 Å². The summed E-state index contributed by atoms with van der Waals surface area (Å²) < 4.78 is 0. The van der Waals surface area contributed by atoms with Gasteiger partial charge in [0, 0.05) is 18.4 Å². The number of rotatable bonds is 4. The van der Waals surface area contributed by atoms with Gasteiger partial charge in [-0.2, -0.15) is 0 Å². The van der Waals surface area contributed by atoms with Gasteiger partial charge in [0.25, 0.3) is 0 Å². The van der Waals surface area contributed by atoms with E-state index in [1.807, 2.05) is 6.08 Å². The molecule has 28 heavy (non-hydrogen) atoms. The third-order valence-electron chi connectivity index (χ3n) is 8.86. The fraction of sp³-hybridized carbons (Fsp3) is 0.826. The molecule has 0 amide bonds. The van der Waals surface area contributed by atoms with Crippen molar-refractivity contribution in [2.24, 2.45) is 45.4 Å². The molecule has 6 atom stereocenters. The Kier molecular flexibility index (Phi) is 5.43. The lowest BCUT2D eigenvalue weighted by Crippen LogP contribution is -2.54. The molecule has 4 fully saturated rings. The van der Waals surface area contributed by atoms with Gasteiger partial charge in [0.2, 0.25) is 0 Å². The number of fused-ring (bicyclic) bond motifs is 5. The van der Waals surface area contributed by atoms with Gasteiger partial charge in [-0.25, -0.2) is 0 Å². The normalized spacial score (nSPS) is 45.6. The fourth-order valence-corrected chi connectivity index (χ4v) is 7.35. The van der Waals surface area contributed by atoms with Crippen molar-refractivity contribution < 1.29 is 14.7 Å². The highest BCUT2D eigenvalue weighted by atomic mass is 16.6. The maximum Gasteiger partial charge on any atom is 0.139 e. The van der Waals surface area contributed by atoms with E-state index in [-0.39, 0.29) is 17.4 Å². The Morgan fingerprint density at radius 1 is 1.21 bits per heavy atom. The highest BCUT2D eigenvalue weighted by Gasteiger charge is 2.61. The van der Waals surface area contributed by atoms with Crippen molar-refractivity contribution in [2.75, 3.05) is 19.8 Å².